The van der Waals surface area contributed by atoms with E-state index in [1.54, 1.807) is 16.9 Å². The molecule has 0 aliphatic carbocycles. The molecule has 0 radical (unpaired) electrons. The summed E-state index contributed by atoms with van der Waals surface area (Å²) in [6, 6.07) is 13.5. The van der Waals surface area contributed by atoms with Gasteiger partial charge >= 0.3 is 12.1 Å². The first-order chi connectivity index (χ1) is 16.1. The number of amides is 1. The smallest absolute Gasteiger partial charge is 0.475 e. The molecule has 1 aromatic carbocycles. The Labute approximate surface area is 193 Å². The number of rotatable bonds is 5. The van der Waals surface area contributed by atoms with E-state index in [0.29, 0.717) is 18.0 Å². The highest BCUT2D eigenvalue weighted by Crippen LogP contribution is 2.25. The van der Waals surface area contributed by atoms with Gasteiger partial charge in [-0.1, -0.05) is 23.4 Å². The van der Waals surface area contributed by atoms with E-state index in [-0.39, 0.29) is 11.9 Å². The Kier molecular flexibility index (Phi) is 8.05. The summed E-state index contributed by atoms with van der Waals surface area (Å²) >= 11 is 0. The van der Waals surface area contributed by atoms with E-state index in [4.69, 9.17) is 14.4 Å². The number of para-hydroxylation sites is 1. The van der Waals surface area contributed by atoms with Crippen molar-refractivity contribution in [1.82, 2.24) is 19.8 Å². The third kappa shape index (κ3) is 6.67. The molecule has 1 amide bonds. The number of carboxylic acid groups (broad SMARTS) is 1. The van der Waals surface area contributed by atoms with Crippen molar-refractivity contribution >= 4 is 17.6 Å². The van der Waals surface area contributed by atoms with E-state index >= 15 is 0 Å². The van der Waals surface area contributed by atoms with Crippen molar-refractivity contribution in [2.75, 3.05) is 25.0 Å². The molecule has 12 heteroatoms. The van der Waals surface area contributed by atoms with E-state index in [9.17, 15) is 18.0 Å². The molecule has 1 saturated heterocycles. The summed E-state index contributed by atoms with van der Waals surface area (Å²) in [5, 5.41) is 15.3. The Bertz CT molecular complexity index is 1060. The summed E-state index contributed by atoms with van der Waals surface area (Å²) < 4.78 is 38.9. The number of hydrogen-bond acceptors (Lipinski definition) is 6. The fourth-order valence-electron chi connectivity index (χ4n) is 3.50. The van der Waals surface area contributed by atoms with Crippen molar-refractivity contribution in [3.8, 4) is 0 Å². The molecule has 4 rings (SSSR count). The predicted molar refractivity (Wildman–Crippen MR) is 115 cm³/mol. The summed E-state index contributed by atoms with van der Waals surface area (Å²) in [6.07, 6.45) is 0.350. The minimum atomic E-state index is -5.08. The van der Waals surface area contributed by atoms with Crippen LogP contribution >= 0.6 is 0 Å². The van der Waals surface area contributed by atoms with Crippen LogP contribution in [0.15, 0.2) is 59.4 Å². The Morgan fingerprint density at radius 2 is 1.82 bits per heavy atom. The number of benzene rings is 1. The number of aromatic nitrogens is 3. The van der Waals surface area contributed by atoms with Gasteiger partial charge in [0.2, 0.25) is 0 Å². The highest BCUT2D eigenvalue weighted by atomic mass is 19.4. The molecule has 3 aromatic rings. The van der Waals surface area contributed by atoms with Gasteiger partial charge < -0.3 is 19.4 Å². The van der Waals surface area contributed by atoms with Gasteiger partial charge in [-0.3, -0.25) is 9.48 Å². The number of nitrogens with zero attached hydrogens (tertiary/aromatic N) is 5. The lowest BCUT2D eigenvalue weighted by atomic mass is 10.0. The summed E-state index contributed by atoms with van der Waals surface area (Å²) in [5.74, 6) is -2.27. The van der Waals surface area contributed by atoms with Gasteiger partial charge in [-0.05, 0) is 51.2 Å². The number of carbonyl (C=O) groups is 2. The van der Waals surface area contributed by atoms with Crippen LogP contribution in [0.1, 0.15) is 29.1 Å². The Hall–Kier alpha value is -3.67. The molecule has 1 aliphatic heterocycles. The average Bonchev–Trinajstić information content (AvgIpc) is 3.48. The fraction of sp³-hybridized carbons (Fsp3) is 0.364. The maximum atomic E-state index is 13.3. The van der Waals surface area contributed by atoms with Gasteiger partial charge in [0.15, 0.2) is 11.5 Å². The van der Waals surface area contributed by atoms with Gasteiger partial charge in [-0.2, -0.15) is 18.3 Å². The first-order valence-corrected chi connectivity index (χ1v) is 10.5. The standard InChI is InChI=1S/C20H23N5O2.C2HF3O2/c1-23-12-8-17(9-13-23)25(16-6-3-2-4-7-16)20(26)19-14-18(27-22-19)15-24-11-5-10-21-24;3-2(4,5)1(6)7/h2-7,10-11,14,17H,8-9,12-13,15H2,1H3;(H,6,7). The molecule has 2 aromatic heterocycles. The van der Waals surface area contributed by atoms with Gasteiger partial charge in [0.1, 0.15) is 6.54 Å². The van der Waals surface area contributed by atoms with Crippen molar-refractivity contribution in [2.24, 2.45) is 0 Å². The summed E-state index contributed by atoms with van der Waals surface area (Å²) in [4.78, 5) is 26.4. The molecule has 1 N–H and O–H groups in total. The second-order valence-electron chi connectivity index (χ2n) is 7.73. The van der Waals surface area contributed by atoms with Gasteiger partial charge in [0.25, 0.3) is 5.91 Å². The molecule has 0 atom stereocenters. The van der Waals surface area contributed by atoms with E-state index in [1.165, 1.54) is 0 Å². The zero-order chi connectivity index (χ0) is 24.7. The number of alkyl halides is 3. The van der Waals surface area contributed by atoms with E-state index in [1.807, 2.05) is 47.5 Å². The number of likely N-dealkylation sites (tertiary alicyclic amines) is 1. The van der Waals surface area contributed by atoms with Gasteiger partial charge in [0, 0.05) is 30.2 Å². The number of carbonyl (C=O) groups excluding carboxylic acids is 1. The second kappa shape index (κ2) is 11.0. The summed E-state index contributed by atoms with van der Waals surface area (Å²) in [7, 11) is 2.12. The number of piperidine rings is 1. The topological polar surface area (TPSA) is 105 Å². The van der Waals surface area contributed by atoms with Crippen molar-refractivity contribution in [2.45, 2.75) is 31.6 Å². The maximum absolute atomic E-state index is 13.3. The Morgan fingerprint density at radius 3 is 2.38 bits per heavy atom. The molecule has 34 heavy (non-hydrogen) atoms. The Morgan fingerprint density at radius 1 is 1.18 bits per heavy atom. The third-order valence-electron chi connectivity index (χ3n) is 5.20. The lowest BCUT2D eigenvalue weighted by molar-refractivity contribution is -0.192. The number of anilines is 1. The molecule has 0 bridgehead atoms. The second-order valence-corrected chi connectivity index (χ2v) is 7.73. The van der Waals surface area contributed by atoms with Crippen LogP contribution in [0.3, 0.4) is 0 Å². The lowest BCUT2D eigenvalue weighted by Crippen LogP contribution is -2.47. The van der Waals surface area contributed by atoms with Crippen LogP contribution in [0.4, 0.5) is 18.9 Å². The quantitative estimate of drug-likeness (QED) is 0.599. The zero-order valence-electron chi connectivity index (χ0n) is 18.4. The van der Waals surface area contributed by atoms with Gasteiger partial charge in [-0.15, -0.1) is 0 Å². The zero-order valence-corrected chi connectivity index (χ0v) is 18.4. The largest absolute Gasteiger partial charge is 0.490 e. The maximum Gasteiger partial charge on any atom is 0.490 e. The van der Waals surface area contributed by atoms with Gasteiger partial charge in [-0.25, -0.2) is 4.79 Å². The van der Waals surface area contributed by atoms with Crippen LogP contribution in [0.25, 0.3) is 0 Å². The monoisotopic (exact) mass is 479 g/mol. The van der Waals surface area contributed by atoms with Crippen LogP contribution in [0, 0.1) is 0 Å². The first-order valence-electron chi connectivity index (χ1n) is 10.5. The van der Waals surface area contributed by atoms with Crippen LogP contribution in [-0.4, -0.2) is 69.2 Å². The molecule has 9 nitrogen and oxygen atoms in total. The lowest BCUT2D eigenvalue weighted by Gasteiger charge is -2.37. The fourth-order valence-corrected chi connectivity index (χ4v) is 3.50. The third-order valence-corrected chi connectivity index (χ3v) is 5.20. The van der Waals surface area contributed by atoms with E-state index in [0.717, 1.165) is 31.6 Å². The Balaban J connectivity index is 0.000000406. The molecule has 182 valence electrons. The van der Waals surface area contributed by atoms with Crippen LogP contribution < -0.4 is 4.90 Å². The van der Waals surface area contributed by atoms with E-state index in [2.05, 4.69) is 22.2 Å². The molecule has 1 aliphatic rings. The molecule has 1 fully saturated rings. The van der Waals surface area contributed by atoms with Crippen molar-refractivity contribution in [3.05, 3.63) is 66.3 Å². The van der Waals surface area contributed by atoms with Crippen LogP contribution in [-0.2, 0) is 11.3 Å². The first kappa shape index (κ1) is 25.0. The molecule has 0 unspecified atom stereocenters. The number of halogens is 3. The summed E-state index contributed by atoms with van der Waals surface area (Å²) in [5.41, 5.74) is 1.23. The highest BCUT2D eigenvalue weighted by molar-refractivity contribution is 6.05. The number of carboxylic acids is 1. The van der Waals surface area contributed by atoms with Crippen molar-refractivity contribution in [1.29, 1.82) is 0 Å². The van der Waals surface area contributed by atoms with Gasteiger partial charge in [0.05, 0.1) is 0 Å². The highest BCUT2D eigenvalue weighted by Gasteiger charge is 2.38. The minimum Gasteiger partial charge on any atom is -0.475 e. The normalized spacial score (nSPS) is 14.8. The predicted octanol–water partition coefficient (Wildman–Crippen LogP) is 3.29. The van der Waals surface area contributed by atoms with Crippen LogP contribution in [0.2, 0.25) is 0 Å². The minimum absolute atomic E-state index is 0.119. The van der Waals surface area contributed by atoms with E-state index < -0.39 is 12.1 Å². The average molecular weight is 479 g/mol. The molecule has 3 heterocycles. The molecule has 0 saturated carbocycles. The van der Waals surface area contributed by atoms with Crippen molar-refractivity contribution in [3.63, 3.8) is 0 Å². The van der Waals surface area contributed by atoms with Crippen LogP contribution in [0.5, 0.6) is 0 Å². The molecular formula is C22H24F3N5O4. The molecular weight excluding hydrogens is 455 g/mol. The van der Waals surface area contributed by atoms with Crippen molar-refractivity contribution < 1.29 is 32.4 Å². The number of hydrogen-bond donors (Lipinski definition) is 1. The molecule has 0 spiro atoms. The number of aliphatic carboxylic acids is 1. The summed E-state index contributed by atoms with van der Waals surface area (Å²) in [6.45, 7) is 2.40. The SMILES string of the molecule is CN1CCC(N(C(=O)c2cc(Cn3cccn3)on2)c2ccccc2)CC1.O=C(O)C(F)(F)F.